The van der Waals surface area contributed by atoms with Crippen LogP contribution in [0.2, 0.25) is 0 Å². The third-order valence-electron chi connectivity index (χ3n) is 2.74. The molecule has 0 aliphatic heterocycles. The molecule has 2 aromatic rings. The zero-order chi connectivity index (χ0) is 12.6. The second kappa shape index (κ2) is 4.20. The monoisotopic (exact) mass is 232 g/mol. The minimum atomic E-state index is -0.848. The molecule has 4 nitrogen and oxygen atoms in total. The predicted octanol–water partition coefficient (Wildman–Crippen LogP) is 2.55. The van der Waals surface area contributed by atoms with Crippen LogP contribution in [-0.2, 0) is 11.2 Å². The van der Waals surface area contributed by atoms with E-state index in [0.717, 1.165) is 16.6 Å². The largest absolute Gasteiger partial charge is 0.481 e. The average molecular weight is 232 g/mol. The highest BCUT2D eigenvalue weighted by Crippen LogP contribution is 2.22. The molecule has 0 aliphatic rings. The molecule has 1 aromatic carbocycles. The van der Waals surface area contributed by atoms with E-state index in [1.54, 1.807) is 0 Å². The summed E-state index contributed by atoms with van der Waals surface area (Å²) in [6, 6.07) is 6.18. The summed E-state index contributed by atoms with van der Waals surface area (Å²) in [5, 5.41) is 8.90. The van der Waals surface area contributed by atoms with E-state index in [-0.39, 0.29) is 12.5 Å². The molecule has 0 unspecified atom stereocenters. The number of hydrogen-bond donors (Lipinski definition) is 1. The highest BCUT2D eigenvalue weighted by atomic mass is 16.4. The van der Waals surface area contributed by atoms with Gasteiger partial charge >= 0.3 is 5.97 Å². The van der Waals surface area contributed by atoms with E-state index in [1.807, 2.05) is 43.5 Å². The Bertz CT molecular complexity index is 570. The molecule has 0 bridgehead atoms. The van der Waals surface area contributed by atoms with Gasteiger partial charge in [-0.3, -0.25) is 4.79 Å². The Kier molecular flexibility index (Phi) is 2.88. The van der Waals surface area contributed by atoms with Crippen molar-refractivity contribution < 1.29 is 9.90 Å². The van der Waals surface area contributed by atoms with Gasteiger partial charge < -0.3 is 9.67 Å². The lowest BCUT2D eigenvalue weighted by molar-refractivity contribution is -0.136. The second-order valence-electron chi connectivity index (χ2n) is 4.55. The molecule has 0 aliphatic carbocycles. The molecular weight excluding hydrogens is 216 g/mol. The molecule has 0 saturated heterocycles. The third kappa shape index (κ3) is 2.16. The Labute approximate surface area is 99.9 Å². The molecule has 0 spiro atoms. The molecule has 0 radical (unpaired) electrons. The van der Waals surface area contributed by atoms with Gasteiger partial charge in [0, 0.05) is 6.04 Å². The van der Waals surface area contributed by atoms with Crippen LogP contribution in [0.5, 0.6) is 0 Å². The molecule has 0 saturated carbocycles. The van der Waals surface area contributed by atoms with Crippen molar-refractivity contribution in [3.63, 3.8) is 0 Å². The van der Waals surface area contributed by atoms with Crippen molar-refractivity contribution in [1.82, 2.24) is 9.55 Å². The van der Waals surface area contributed by atoms with Crippen molar-refractivity contribution in [2.75, 3.05) is 0 Å². The fourth-order valence-electron chi connectivity index (χ4n) is 2.09. The van der Waals surface area contributed by atoms with E-state index in [2.05, 4.69) is 4.98 Å². The van der Waals surface area contributed by atoms with Gasteiger partial charge in [-0.25, -0.2) is 4.98 Å². The van der Waals surface area contributed by atoms with E-state index in [4.69, 9.17) is 5.11 Å². The van der Waals surface area contributed by atoms with Gasteiger partial charge in [0.15, 0.2) is 0 Å². The Morgan fingerprint density at radius 3 is 2.76 bits per heavy atom. The summed E-state index contributed by atoms with van der Waals surface area (Å²) in [5.41, 5.74) is 3.03. The zero-order valence-corrected chi connectivity index (χ0v) is 10.3. The predicted molar refractivity (Wildman–Crippen MR) is 66.2 cm³/mol. The van der Waals surface area contributed by atoms with Crippen LogP contribution < -0.4 is 0 Å². The number of imidazole rings is 1. The third-order valence-corrected chi connectivity index (χ3v) is 2.74. The lowest BCUT2D eigenvalue weighted by atomic mass is 10.2. The van der Waals surface area contributed by atoms with Gasteiger partial charge in [0.05, 0.1) is 11.0 Å². The van der Waals surface area contributed by atoms with Gasteiger partial charge in [0.1, 0.15) is 12.2 Å². The van der Waals surface area contributed by atoms with Crippen LogP contribution in [0.1, 0.15) is 31.3 Å². The Hall–Kier alpha value is -1.84. The smallest absolute Gasteiger partial charge is 0.311 e. The second-order valence-corrected chi connectivity index (χ2v) is 4.55. The number of carbonyl (C=O) groups is 1. The van der Waals surface area contributed by atoms with E-state index < -0.39 is 5.97 Å². The van der Waals surface area contributed by atoms with Crippen molar-refractivity contribution in [3.8, 4) is 0 Å². The van der Waals surface area contributed by atoms with Crippen LogP contribution in [0, 0.1) is 6.92 Å². The zero-order valence-electron chi connectivity index (χ0n) is 10.3. The molecule has 90 valence electrons. The fourth-order valence-corrected chi connectivity index (χ4v) is 2.09. The van der Waals surface area contributed by atoms with Crippen molar-refractivity contribution in [3.05, 3.63) is 29.6 Å². The molecule has 17 heavy (non-hydrogen) atoms. The SMILES string of the molecule is Cc1ccc2nc(CC(=O)O)n(C(C)C)c2c1. The van der Waals surface area contributed by atoms with Crippen LogP contribution in [0.25, 0.3) is 11.0 Å². The first-order valence-electron chi connectivity index (χ1n) is 5.68. The number of aryl methyl sites for hydroxylation is 1. The summed E-state index contributed by atoms with van der Waals surface area (Å²) >= 11 is 0. The first kappa shape index (κ1) is 11.6. The van der Waals surface area contributed by atoms with Crippen molar-refractivity contribution in [2.45, 2.75) is 33.2 Å². The van der Waals surface area contributed by atoms with Crippen LogP contribution in [-0.4, -0.2) is 20.6 Å². The lowest BCUT2D eigenvalue weighted by Crippen LogP contribution is -2.11. The number of aliphatic carboxylic acids is 1. The van der Waals surface area contributed by atoms with Gasteiger partial charge in [0.2, 0.25) is 0 Å². The van der Waals surface area contributed by atoms with Crippen LogP contribution in [0.15, 0.2) is 18.2 Å². The van der Waals surface area contributed by atoms with E-state index in [1.165, 1.54) is 0 Å². The molecule has 1 aromatic heterocycles. The number of fused-ring (bicyclic) bond motifs is 1. The standard InChI is InChI=1S/C13H16N2O2/c1-8(2)15-11-6-9(3)4-5-10(11)14-12(15)7-13(16)17/h4-6,8H,7H2,1-3H3,(H,16,17). The summed E-state index contributed by atoms with van der Waals surface area (Å²) < 4.78 is 2.00. The molecular formula is C13H16N2O2. The van der Waals surface area contributed by atoms with Gasteiger partial charge in [0.25, 0.3) is 0 Å². The minimum absolute atomic E-state index is 0.0358. The number of carboxylic acids is 1. The van der Waals surface area contributed by atoms with E-state index in [0.29, 0.717) is 5.82 Å². The summed E-state index contributed by atoms with van der Waals surface area (Å²) in [5.74, 6) is -0.230. The quantitative estimate of drug-likeness (QED) is 0.884. The topological polar surface area (TPSA) is 55.1 Å². The van der Waals surface area contributed by atoms with E-state index in [9.17, 15) is 4.79 Å². The van der Waals surface area contributed by atoms with Crippen LogP contribution >= 0.6 is 0 Å². The molecule has 0 fully saturated rings. The van der Waals surface area contributed by atoms with Crippen LogP contribution in [0.3, 0.4) is 0 Å². The van der Waals surface area contributed by atoms with Gasteiger partial charge in [-0.1, -0.05) is 6.07 Å². The number of carboxylic acid groups (broad SMARTS) is 1. The first-order chi connectivity index (χ1) is 7.99. The molecule has 2 rings (SSSR count). The maximum absolute atomic E-state index is 10.8. The van der Waals surface area contributed by atoms with E-state index >= 15 is 0 Å². The number of rotatable bonds is 3. The number of nitrogens with zero attached hydrogens (tertiary/aromatic N) is 2. The Balaban J connectivity index is 2.66. The van der Waals surface area contributed by atoms with Gasteiger partial charge in [-0.05, 0) is 38.5 Å². The molecule has 1 heterocycles. The van der Waals surface area contributed by atoms with Crippen LogP contribution in [0.4, 0.5) is 0 Å². The number of benzene rings is 1. The Morgan fingerprint density at radius 2 is 2.18 bits per heavy atom. The number of hydrogen-bond acceptors (Lipinski definition) is 2. The van der Waals surface area contributed by atoms with Crippen molar-refractivity contribution >= 4 is 17.0 Å². The molecule has 0 amide bonds. The minimum Gasteiger partial charge on any atom is -0.481 e. The number of aromatic nitrogens is 2. The summed E-state index contributed by atoms with van der Waals surface area (Å²) in [6.07, 6.45) is -0.0358. The van der Waals surface area contributed by atoms with Crippen molar-refractivity contribution in [2.24, 2.45) is 0 Å². The summed E-state index contributed by atoms with van der Waals surface area (Å²) in [6.45, 7) is 6.09. The molecule has 4 heteroatoms. The fraction of sp³-hybridized carbons (Fsp3) is 0.385. The Morgan fingerprint density at radius 1 is 1.47 bits per heavy atom. The highest BCUT2D eigenvalue weighted by molar-refractivity contribution is 5.79. The lowest BCUT2D eigenvalue weighted by Gasteiger charge is -2.12. The maximum atomic E-state index is 10.8. The normalized spacial score (nSPS) is 11.3. The average Bonchev–Trinajstić information content (AvgIpc) is 2.53. The maximum Gasteiger partial charge on any atom is 0.311 e. The van der Waals surface area contributed by atoms with Crippen molar-refractivity contribution in [1.29, 1.82) is 0 Å². The first-order valence-corrected chi connectivity index (χ1v) is 5.68. The molecule has 0 atom stereocenters. The highest BCUT2D eigenvalue weighted by Gasteiger charge is 2.15. The molecule has 1 N–H and O–H groups in total. The van der Waals surface area contributed by atoms with Gasteiger partial charge in [-0.15, -0.1) is 0 Å². The summed E-state index contributed by atoms with van der Waals surface area (Å²) in [7, 11) is 0. The van der Waals surface area contributed by atoms with Gasteiger partial charge in [-0.2, -0.15) is 0 Å². The summed E-state index contributed by atoms with van der Waals surface area (Å²) in [4.78, 5) is 15.2.